The number of carbonyl (C=O) groups excluding carboxylic acids is 1. The largest absolute Gasteiger partial charge is 0.369 e. The van der Waals surface area contributed by atoms with Gasteiger partial charge in [-0.05, 0) is 6.92 Å². The molecule has 5 N–H and O–H groups in total. The van der Waals surface area contributed by atoms with Gasteiger partial charge in [-0.3, -0.25) is 14.9 Å². The molecule has 1 amide bonds. The van der Waals surface area contributed by atoms with Gasteiger partial charge >= 0.3 is 0 Å². The van der Waals surface area contributed by atoms with Gasteiger partial charge in [0.05, 0.1) is 17.1 Å². The number of nitrogens with zero attached hydrogens (tertiary/aromatic N) is 2. The highest BCUT2D eigenvalue weighted by Crippen LogP contribution is 2.19. The zero-order chi connectivity index (χ0) is 14.3. The molecule has 1 rings (SSSR count). The molecule has 0 bridgehead atoms. The second-order valence-corrected chi connectivity index (χ2v) is 3.63. The van der Waals surface area contributed by atoms with Gasteiger partial charge in [0.15, 0.2) is 0 Å². The molecule has 0 unspecified atom stereocenters. The van der Waals surface area contributed by atoms with Gasteiger partial charge < -0.3 is 16.1 Å². The van der Waals surface area contributed by atoms with Gasteiger partial charge in [-0.25, -0.2) is 10.8 Å². The van der Waals surface area contributed by atoms with Gasteiger partial charge in [0, 0.05) is 19.5 Å². The number of nitro groups is 1. The first-order chi connectivity index (χ1) is 9.06. The quantitative estimate of drug-likeness (QED) is 0.315. The van der Waals surface area contributed by atoms with Crippen molar-refractivity contribution in [2.45, 2.75) is 13.3 Å². The first-order valence-electron chi connectivity index (χ1n) is 5.70. The fourth-order valence-corrected chi connectivity index (χ4v) is 1.38. The van der Waals surface area contributed by atoms with Gasteiger partial charge in [0.2, 0.25) is 5.91 Å². The van der Waals surface area contributed by atoms with E-state index in [2.05, 4.69) is 21.0 Å². The van der Waals surface area contributed by atoms with E-state index in [1.54, 1.807) is 0 Å². The first kappa shape index (κ1) is 14.6. The molecule has 1 heterocycles. The topological polar surface area (TPSA) is 135 Å². The lowest BCUT2D eigenvalue weighted by atomic mass is 10.3. The van der Waals surface area contributed by atoms with Crippen LogP contribution in [-0.4, -0.2) is 28.9 Å². The number of amides is 1. The number of aromatic nitrogens is 1. The molecule has 0 radical (unpaired) electrons. The summed E-state index contributed by atoms with van der Waals surface area (Å²) in [6.07, 6.45) is 0.254. The molecule has 0 spiro atoms. The Balaban J connectivity index is 2.64. The Hall–Kier alpha value is -2.42. The van der Waals surface area contributed by atoms with Crippen LogP contribution in [0.25, 0.3) is 0 Å². The Bertz CT molecular complexity index is 465. The molecule has 1 aromatic rings. The fraction of sp³-hybridized carbons (Fsp3) is 0.400. The van der Waals surface area contributed by atoms with Gasteiger partial charge in [0.1, 0.15) is 11.6 Å². The number of nitrogens with two attached hydrogens (primary N) is 1. The van der Waals surface area contributed by atoms with Crippen molar-refractivity contribution in [1.82, 2.24) is 10.3 Å². The van der Waals surface area contributed by atoms with Crippen molar-refractivity contribution in [2.75, 3.05) is 23.8 Å². The van der Waals surface area contributed by atoms with Crippen LogP contribution >= 0.6 is 0 Å². The van der Waals surface area contributed by atoms with E-state index in [1.807, 2.05) is 6.92 Å². The second kappa shape index (κ2) is 7.11. The Morgan fingerprint density at radius 1 is 1.47 bits per heavy atom. The molecule has 0 saturated heterocycles. The van der Waals surface area contributed by atoms with Gasteiger partial charge in [0.25, 0.3) is 5.69 Å². The Morgan fingerprint density at radius 2 is 2.16 bits per heavy atom. The van der Waals surface area contributed by atoms with Crippen LogP contribution < -0.4 is 21.9 Å². The van der Waals surface area contributed by atoms with Crippen LogP contribution in [0.2, 0.25) is 0 Å². The summed E-state index contributed by atoms with van der Waals surface area (Å²) < 4.78 is 0. The minimum Gasteiger partial charge on any atom is -0.369 e. The summed E-state index contributed by atoms with van der Waals surface area (Å²) in [4.78, 5) is 25.4. The van der Waals surface area contributed by atoms with Crippen LogP contribution in [-0.2, 0) is 4.79 Å². The maximum atomic E-state index is 11.2. The number of rotatable bonds is 7. The highest BCUT2D eigenvalue weighted by Gasteiger charge is 2.10. The van der Waals surface area contributed by atoms with E-state index in [0.717, 1.165) is 0 Å². The minimum absolute atomic E-state index is 0.0994. The standard InChI is InChI=1S/C10H16N6O3/c1-2-12-10(17)3-4-13-8-5-7(16(18)19)6-9(14-8)15-11/h5-6H,2-4,11H2,1H3,(H,12,17)(H2,13,14,15). The summed E-state index contributed by atoms with van der Waals surface area (Å²) >= 11 is 0. The van der Waals surface area contributed by atoms with E-state index >= 15 is 0 Å². The number of hydrogen-bond acceptors (Lipinski definition) is 7. The number of nitrogen functional groups attached to an aromatic ring is 1. The lowest BCUT2D eigenvalue weighted by Crippen LogP contribution is -2.24. The predicted molar refractivity (Wildman–Crippen MR) is 70.5 cm³/mol. The van der Waals surface area contributed by atoms with E-state index in [1.165, 1.54) is 12.1 Å². The molecule has 1 aromatic heterocycles. The number of anilines is 2. The van der Waals surface area contributed by atoms with E-state index in [4.69, 9.17) is 5.84 Å². The van der Waals surface area contributed by atoms with Crippen molar-refractivity contribution in [3.05, 3.63) is 22.2 Å². The molecule has 9 nitrogen and oxygen atoms in total. The summed E-state index contributed by atoms with van der Waals surface area (Å²) in [6, 6.07) is 2.49. The van der Waals surface area contributed by atoms with Crippen LogP contribution in [0.3, 0.4) is 0 Å². The average Bonchev–Trinajstić information content (AvgIpc) is 2.38. The van der Waals surface area contributed by atoms with Crippen molar-refractivity contribution in [1.29, 1.82) is 0 Å². The Labute approximate surface area is 109 Å². The molecule has 0 fully saturated rings. The van der Waals surface area contributed by atoms with E-state index in [-0.39, 0.29) is 29.7 Å². The van der Waals surface area contributed by atoms with Crippen molar-refractivity contribution in [3.63, 3.8) is 0 Å². The Morgan fingerprint density at radius 3 is 2.74 bits per heavy atom. The fourth-order valence-electron chi connectivity index (χ4n) is 1.38. The maximum Gasteiger partial charge on any atom is 0.276 e. The van der Waals surface area contributed by atoms with Crippen LogP contribution in [0.4, 0.5) is 17.3 Å². The molecular weight excluding hydrogens is 252 g/mol. The molecule has 104 valence electrons. The molecule has 0 aliphatic carbocycles. The molecule has 0 saturated carbocycles. The van der Waals surface area contributed by atoms with Crippen LogP contribution in [0.5, 0.6) is 0 Å². The third kappa shape index (κ3) is 4.76. The monoisotopic (exact) mass is 268 g/mol. The molecular formula is C10H16N6O3. The minimum atomic E-state index is -0.544. The summed E-state index contributed by atoms with van der Waals surface area (Å²) in [6.45, 7) is 2.71. The molecule has 0 aromatic carbocycles. The molecule has 9 heteroatoms. The van der Waals surface area contributed by atoms with Gasteiger partial charge in [-0.15, -0.1) is 0 Å². The third-order valence-electron chi connectivity index (χ3n) is 2.20. The SMILES string of the molecule is CCNC(=O)CCNc1cc([N+](=O)[O-])cc(NN)n1. The maximum absolute atomic E-state index is 11.2. The Kier molecular flexibility index (Phi) is 5.48. The first-order valence-corrected chi connectivity index (χ1v) is 5.70. The number of nitrogens with one attached hydrogen (secondary N) is 3. The zero-order valence-electron chi connectivity index (χ0n) is 10.5. The number of carbonyl (C=O) groups is 1. The van der Waals surface area contributed by atoms with E-state index in [9.17, 15) is 14.9 Å². The normalized spacial score (nSPS) is 9.79. The molecule has 0 aliphatic rings. The average molecular weight is 268 g/mol. The van der Waals surface area contributed by atoms with Gasteiger partial charge in [-0.2, -0.15) is 0 Å². The van der Waals surface area contributed by atoms with Crippen molar-refractivity contribution >= 4 is 23.2 Å². The van der Waals surface area contributed by atoms with E-state index in [0.29, 0.717) is 13.1 Å². The number of hydrazine groups is 1. The lowest BCUT2D eigenvalue weighted by Gasteiger charge is -2.07. The highest BCUT2D eigenvalue weighted by molar-refractivity contribution is 5.76. The number of pyridine rings is 1. The van der Waals surface area contributed by atoms with E-state index < -0.39 is 4.92 Å². The molecule has 0 aliphatic heterocycles. The lowest BCUT2D eigenvalue weighted by molar-refractivity contribution is -0.384. The number of hydrogen-bond donors (Lipinski definition) is 4. The van der Waals surface area contributed by atoms with Crippen molar-refractivity contribution in [3.8, 4) is 0 Å². The summed E-state index contributed by atoms with van der Waals surface area (Å²) in [5.74, 6) is 5.54. The highest BCUT2D eigenvalue weighted by atomic mass is 16.6. The molecule has 19 heavy (non-hydrogen) atoms. The predicted octanol–water partition coefficient (Wildman–Crippen LogP) is 0.213. The van der Waals surface area contributed by atoms with Crippen molar-refractivity contribution < 1.29 is 9.72 Å². The molecule has 0 atom stereocenters. The van der Waals surface area contributed by atoms with Gasteiger partial charge in [-0.1, -0.05) is 0 Å². The summed E-state index contributed by atoms with van der Waals surface area (Å²) in [5, 5.41) is 16.2. The second-order valence-electron chi connectivity index (χ2n) is 3.63. The van der Waals surface area contributed by atoms with Crippen LogP contribution in [0, 0.1) is 10.1 Å². The van der Waals surface area contributed by atoms with Crippen molar-refractivity contribution in [2.24, 2.45) is 5.84 Å². The summed E-state index contributed by atoms with van der Waals surface area (Å²) in [7, 11) is 0. The third-order valence-corrected chi connectivity index (χ3v) is 2.20. The zero-order valence-corrected chi connectivity index (χ0v) is 10.5. The van der Waals surface area contributed by atoms with Crippen LogP contribution in [0.15, 0.2) is 12.1 Å². The smallest absolute Gasteiger partial charge is 0.276 e. The van der Waals surface area contributed by atoms with Crippen LogP contribution in [0.1, 0.15) is 13.3 Å². The summed E-state index contributed by atoms with van der Waals surface area (Å²) in [5.41, 5.74) is 2.11.